The molecule has 0 saturated carbocycles. The molecule has 4 nitrogen and oxygen atoms in total. The fourth-order valence-corrected chi connectivity index (χ4v) is 3.53. The van der Waals surface area contributed by atoms with Crippen LogP contribution in [0, 0.1) is 17.8 Å². The third-order valence-corrected chi connectivity index (χ3v) is 4.97. The highest BCUT2D eigenvalue weighted by molar-refractivity contribution is 5.76. The van der Waals surface area contributed by atoms with E-state index in [1.165, 1.54) is 25.7 Å². The van der Waals surface area contributed by atoms with Crippen molar-refractivity contribution in [2.45, 2.75) is 45.4 Å². The van der Waals surface area contributed by atoms with Gasteiger partial charge in [0, 0.05) is 13.0 Å². The van der Waals surface area contributed by atoms with Crippen LogP contribution in [0.4, 0.5) is 0 Å². The van der Waals surface area contributed by atoms with Crippen LogP contribution in [-0.4, -0.2) is 38.6 Å². The molecule has 3 N–H and O–H groups in total. The van der Waals surface area contributed by atoms with Gasteiger partial charge in [0.1, 0.15) is 0 Å². The van der Waals surface area contributed by atoms with Gasteiger partial charge in [-0.1, -0.05) is 6.92 Å². The van der Waals surface area contributed by atoms with Crippen molar-refractivity contribution in [1.29, 1.82) is 0 Å². The average Bonchev–Trinajstić information content (AvgIpc) is 2.49. The first kappa shape index (κ1) is 15.8. The van der Waals surface area contributed by atoms with E-state index in [9.17, 15) is 4.79 Å². The smallest absolute Gasteiger partial charge is 0.220 e. The van der Waals surface area contributed by atoms with E-state index in [0.29, 0.717) is 12.3 Å². The van der Waals surface area contributed by atoms with Crippen LogP contribution in [0.25, 0.3) is 0 Å². The van der Waals surface area contributed by atoms with Crippen molar-refractivity contribution < 1.29 is 4.79 Å². The summed E-state index contributed by atoms with van der Waals surface area (Å²) in [6, 6.07) is 0. The van der Waals surface area contributed by atoms with Crippen LogP contribution < -0.4 is 16.0 Å². The van der Waals surface area contributed by atoms with Crippen LogP contribution in [0.3, 0.4) is 0 Å². The van der Waals surface area contributed by atoms with Crippen LogP contribution in [0.15, 0.2) is 0 Å². The van der Waals surface area contributed by atoms with Crippen LogP contribution in [0.1, 0.15) is 45.4 Å². The van der Waals surface area contributed by atoms with E-state index >= 15 is 0 Å². The number of hydrogen-bond donors (Lipinski definition) is 3. The lowest BCUT2D eigenvalue weighted by molar-refractivity contribution is -0.122. The monoisotopic (exact) mass is 281 g/mol. The number of carbonyl (C=O) groups is 1. The van der Waals surface area contributed by atoms with Crippen molar-refractivity contribution in [3.05, 3.63) is 0 Å². The molecule has 0 bridgehead atoms. The number of piperidine rings is 2. The number of carbonyl (C=O) groups excluding carboxylic acids is 1. The molecule has 2 unspecified atom stereocenters. The Morgan fingerprint density at radius 2 is 2.00 bits per heavy atom. The maximum Gasteiger partial charge on any atom is 0.220 e. The third-order valence-electron chi connectivity index (χ3n) is 4.97. The largest absolute Gasteiger partial charge is 0.356 e. The molecule has 2 aliphatic heterocycles. The molecule has 0 aromatic rings. The highest BCUT2D eigenvalue weighted by Crippen LogP contribution is 2.24. The Labute approximate surface area is 123 Å². The van der Waals surface area contributed by atoms with Crippen molar-refractivity contribution in [3.8, 4) is 0 Å². The fraction of sp³-hybridized carbons (Fsp3) is 0.938. The van der Waals surface area contributed by atoms with Crippen molar-refractivity contribution >= 4 is 5.91 Å². The highest BCUT2D eigenvalue weighted by Gasteiger charge is 2.22. The van der Waals surface area contributed by atoms with Crippen molar-refractivity contribution in [2.75, 3.05) is 32.7 Å². The molecule has 2 fully saturated rings. The molecule has 2 atom stereocenters. The summed E-state index contributed by atoms with van der Waals surface area (Å²) in [5, 5.41) is 9.93. The number of hydrogen-bond acceptors (Lipinski definition) is 3. The summed E-state index contributed by atoms with van der Waals surface area (Å²) in [4.78, 5) is 12.0. The maximum atomic E-state index is 12.0. The van der Waals surface area contributed by atoms with E-state index in [1.807, 2.05) is 0 Å². The van der Waals surface area contributed by atoms with Gasteiger partial charge in [-0.3, -0.25) is 4.79 Å². The molecule has 0 radical (unpaired) electrons. The van der Waals surface area contributed by atoms with Crippen molar-refractivity contribution in [1.82, 2.24) is 16.0 Å². The van der Waals surface area contributed by atoms with Crippen molar-refractivity contribution in [3.63, 3.8) is 0 Å². The Hall–Kier alpha value is -0.610. The molecule has 2 rings (SSSR count). The summed E-state index contributed by atoms with van der Waals surface area (Å²) in [6.45, 7) is 7.61. The summed E-state index contributed by atoms with van der Waals surface area (Å²) in [7, 11) is 0. The van der Waals surface area contributed by atoms with E-state index in [4.69, 9.17) is 0 Å². The fourth-order valence-electron chi connectivity index (χ4n) is 3.53. The lowest BCUT2D eigenvalue weighted by Gasteiger charge is -2.28. The molecule has 0 aromatic heterocycles. The lowest BCUT2D eigenvalue weighted by atomic mass is 9.84. The molecule has 0 aromatic carbocycles. The molecule has 2 heterocycles. The molecule has 20 heavy (non-hydrogen) atoms. The predicted molar refractivity (Wildman–Crippen MR) is 82.6 cm³/mol. The molecule has 4 heteroatoms. The van der Waals surface area contributed by atoms with E-state index in [-0.39, 0.29) is 5.91 Å². The quantitative estimate of drug-likeness (QED) is 0.692. The molecule has 0 aliphatic carbocycles. The Morgan fingerprint density at radius 1 is 1.20 bits per heavy atom. The summed E-state index contributed by atoms with van der Waals surface area (Å²) >= 11 is 0. The third kappa shape index (κ3) is 5.41. The number of rotatable bonds is 6. The van der Waals surface area contributed by atoms with Crippen LogP contribution in [-0.2, 0) is 4.79 Å². The normalized spacial score (nSPS) is 26.1. The van der Waals surface area contributed by atoms with E-state index in [0.717, 1.165) is 51.0 Å². The standard InChI is InChI=1S/C16H31N3O/c1-13(15-5-8-17-9-6-15)11-16(20)19-10-4-14-3-2-7-18-12-14/h13-15,17-18H,2-12H2,1H3,(H,19,20). The van der Waals surface area contributed by atoms with Crippen molar-refractivity contribution in [2.24, 2.45) is 17.8 Å². The van der Waals surface area contributed by atoms with Crippen LogP contribution >= 0.6 is 0 Å². The minimum absolute atomic E-state index is 0.250. The molecule has 2 saturated heterocycles. The summed E-state index contributed by atoms with van der Waals surface area (Å²) < 4.78 is 0. The summed E-state index contributed by atoms with van der Waals surface area (Å²) in [6.07, 6.45) is 6.87. The molecular formula is C16H31N3O. The summed E-state index contributed by atoms with van der Waals surface area (Å²) in [5.74, 6) is 2.25. The topological polar surface area (TPSA) is 53.2 Å². The number of amides is 1. The minimum atomic E-state index is 0.250. The van der Waals surface area contributed by atoms with Gasteiger partial charge in [0.05, 0.1) is 0 Å². The Morgan fingerprint density at radius 3 is 2.70 bits per heavy atom. The Balaban J connectivity index is 1.57. The first-order chi connectivity index (χ1) is 9.75. The van der Waals surface area contributed by atoms with Gasteiger partial charge < -0.3 is 16.0 Å². The van der Waals surface area contributed by atoms with E-state index < -0.39 is 0 Å². The second kappa shape index (κ2) is 8.63. The zero-order valence-electron chi connectivity index (χ0n) is 12.9. The average molecular weight is 281 g/mol. The van der Waals surface area contributed by atoms with Gasteiger partial charge in [0.15, 0.2) is 0 Å². The van der Waals surface area contributed by atoms with Gasteiger partial charge in [0.25, 0.3) is 0 Å². The summed E-state index contributed by atoms with van der Waals surface area (Å²) in [5.41, 5.74) is 0. The second-order valence-corrected chi connectivity index (χ2v) is 6.62. The first-order valence-electron chi connectivity index (χ1n) is 8.44. The minimum Gasteiger partial charge on any atom is -0.356 e. The van der Waals surface area contributed by atoms with Crippen LogP contribution in [0.5, 0.6) is 0 Å². The van der Waals surface area contributed by atoms with Gasteiger partial charge in [-0.25, -0.2) is 0 Å². The Bertz CT molecular complexity index is 283. The first-order valence-corrected chi connectivity index (χ1v) is 8.44. The maximum absolute atomic E-state index is 12.0. The Kier molecular flexibility index (Phi) is 6.80. The van der Waals surface area contributed by atoms with E-state index in [2.05, 4.69) is 22.9 Å². The lowest BCUT2D eigenvalue weighted by Crippen LogP contribution is -2.35. The number of nitrogens with one attached hydrogen (secondary N) is 3. The molecule has 0 spiro atoms. The van der Waals surface area contributed by atoms with E-state index in [1.54, 1.807) is 0 Å². The highest BCUT2D eigenvalue weighted by atomic mass is 16.1. The second-order valence-electron chi connectivity index (χ2n) is 6.62. The van der Waals surface area contributed by atoms with Gasteiger partial charge in [-0.05, 0) is 76.0 Å². The van der Waals surface area contributed by atoms with Gasteiger partial charge in [0.2, 0.25) is 5.91 Å². The zero-order valence-corrected chi connectivity index (χ0v) is 12.9. The van der Waals surface area contributed by atoms with Crippen LogP contribution in [0.2, 0.25) is 0 Å². The van der Waals surface area contributed by atoms with Gasteiger partial charge in [-0.2, -0.15) is 0 Å². The molecule has 2 aliphatic rings. The zero-order chi connectivity index (χ0) is 14.2. The SMILES string of the molecule is CC(CC(=O)NCCC1CCCNC1)C1CCNCC1. The predicted octanol–water partition coefficient (Wildman–Crippen LogP) is 1.52. The molecular weight excluding hydrogens is 250 g/mol. The molecule has 1 amide bonds. The van der Waals surface area contributed by atoms with Gasteiger partial charge >= 0.3 is 0 Å². The molecule has 116 valence electrons. The van der Waals surface area contributed by atoms with Gasteiger partial charge in [-0.15, -0.1) is 0 Å².